The second kappa shape index (κ2) is 8.98. The summed E-state index contributed by atoms with van der Waals surface area (Å²) in [5.74, 6) is 2.12. The summed E-state index contributed by atoms with van der Waals surface area (Å²) in [6.07, 6.45) is 3.16. The number of benzene rings is 1. The van der Waals surface area contributed by atoms with Gasteiger partial charge in [-0.2, -0.15) is 0 Å². The van der Waals surface area contributed by atoms with Crippen LogP contribution in [0.2, 0.25) is 0 Å². The lowest BCUT2D eigenvalue weighted by Crippen LogP contribution is -2.36. The third-order valence-electron chi connectivity index (χ3n) is 4.02. The molecule has 28 heavy (non-hydrogen) atoms. The Morgan fingerprint density at radius 3 is 2.68 bits per heavy atom. The maximum atomic E-state index is 14.3. The van der Waals surface area contributed by atoms with Gasteiger partial charge in [-0.05, 0) is 43.7 Å². The summed E-state index contributed by atoms with van der Waals surface area (Å²) in [6.45, 7) is 4.56. The minimum atomic E-state index is -0.447. The molecule has 146 valence electrons. The molecule has 2 aromatic heterocycles. The van der Waals surface area contributed by atoms with Crippen molar-refractivity contribution in [2.24, 2.45) is 4.99 Å². The Balaban J connectivity index is 1.54. The number of guanidine groups is 1. The molecule has 1 aromatic carbocycles. The largest absolute Gasteiger partial charge is 0.453 e. The summed E-state index contributed by atoms with van der Waals surface area (Å²) in [5.41, 5.74) is 1.62. The maximum absolute atomic E-state index is 14.3. The highest BCUT2D eigenvalue weighted by molar-refractivity contribution is 5.79. The molecule has 3 rings (SSSR count). The standard InChI is InChI=1S/C20H22FN5O2/c1-13-14(2)27-19(26-13)12-25-20(22-3)24-10-15-6-7-18(17(21)9-15)28-16-5-4-8-23-11-16/h4-9,11H,10,12H2,1-3H3,(H2,22,24,25). The summed E-state index contributed by atoms with van der Waals surface area (Å²) >= 11 is 0. The number of nitrogens with zero attached hydrogens (tertiary/aromatic N) is 3. The van der Waals surface area contributed by atoms with E-state index in [1.165, 1.54) is 12.3 Å². The number of rotatable bonds is 6. The number of oxazole rings is 1. The molecule has 0 aliphatic rings. The molecule has 7 nitrogen and oxygen atoms in total. The number of hydrogen-bond acceptors (Lipinski definition) is 5. The predicted octanol–water partition coefficient (Wildman–Crippen LogP) is 3.48. The van der Waals surface area contributed by atoms with E-state index in [1.54, 1.807) is 37.5 Å². The van der Waals surface area contributed by atoms with E-state index in [4.69, 9.17) is 9.15 Å². The van der Waals surface area contributed by atoms with Crippen molar-refractivity contribution in [1.82, 2.24) is 20.6 Å². The quantitative estimate of drug-likeness (QED) is 0.501. The number of pyridine rings is 1. The van der Waals surface area contributed by atoms with Crippen LogP contribution in [0.25, 0.3) is 0 Å². The van der Waals surface area contributed by atoms with E-state index >= 15 is 0 Å². The average Bonchev–Trinajstić information content (AvgIpc) is 3.02. The molecule has 0 aliphatic carbocycles. The lowest BCUT2D eigenvalue weighted by molar-refractivity contribution is 0.440. The summed E-state index contributed by atoms with van der Waals surface area (Å²) in [5, 5.41) is 6.24. The molecule has 2 N–H and O–H groups in total. The van der Waals surface area contributed by atoms with Crippen LogP contribution in [-0.2, 0) is 13.1 Å². The van der Waals surface area contributed by atoms with Gasteiger partial charge in [0.25, 0.3) is 0 Å². The lowest BCUT2D eigenvalue weighted by atomic mass is 10.2. The normalized spacial score (nSPS) is 11.4. The molecule has 0 amide bonds. The molecular formula is C20H22FN5O2. The van der Waals surface area contributed by atoms with Gasteiger partial charge in [-0.15, -0.1) is 0 Å². The van der Waals surface area contributed by atoms with Crippen molar-refractivity contribution in [3.63, 3.8) is 0 Å². The molecule has 3 aromatic rings. The van der Waals surface area contributed by atoms with Crippen LogP contribution in [0.4, 0.5) is 4.39 Å². The third kappa shape index (κ3) is 5.06. The Hall–Kier alpha value is -3.42. The van der Waals surface area contributed by atoms with Crippen molar-refractivity contribution in [2.75, 3.05) is 7.05 Å². The summed E-state index contributed by atoms with van der Waals surface area (Å²) in [4.78, 5) is 12.4. The first-order chi connectivity index (χ1) is 13.5. The minimum Gasteiger partial charge on any atom is -0.453 e. The first kappa shape index (κ1) is 19.3. The molecule has 0 unspecified atom stereocenters. The van der Waals surface area contributed by atoms with Crippen LogP contribution in [0, 0.1) is 19.7 Å². The van der Waals surface area contributed by atoms with Gasteiger partial charge in [0.2, 0.25) is 5.89 Å². The van der Waals surface area contributed by atoms with Gasteiger partial charge in [-0.3, -0.25) is 9.98 Å². The average molecular weight is 383 g/mol. The molecule has 8 heteroatoms. The van der Waals surface area contributed by atoms with Crippen LogP contribution in [0.1, 0.15) is 22.9 Å². The van der Waals surface area contributed by atoms with Gasteiger partial charge in [0.15, 0.2) is 17.5 Å². The van der Waals surface area contributed by atoms with Crippen molar-refractivity contribution in [1.29, 1.82) is 0 Å². The van der Waals surface area contributed by atoms with Crippen LogP contribution < -0.4 is 15.4 Å². The molecule has 0 atom stereocenters. The van der Waals surface area contributed by atoms with Gasteiger partial charge >= 0.3 is 0 Å². The summed E-state index contributed by atoms with van der Waals surface area (Å²) < 4.78 is 25.3. The topological polar surface area (TPSA) is 84.6 Å². The second-order valence-corrected chi connectivity index (χ2v) is 6.08. The van der Waals surface area contributed by atoms with E-state index in [-0.39, 0.29) is 5.75 Å². The van der Waals surface area contributed by atoms with Crippen LogP contribution in [0.3, 0.4) is 0 Å². The van der Waals surface area contributed by atoms with Crippen molar-refractivity contribution in [3.8, 4) is 11.5 Å². The molecule has 0 fully saturated rings. The fourth-order valence-corrected chi connectivity index (χ4v) is 2.45. The SMILES string of the molecule is CN=C(NCc1ccc(Oc2cccnc2)c(F)c1)NCc1nc(C)c(C)o1. The molecular weight excluding hydrogens is 361 g/mol. The molecule has 0 saturated heterocycles. The van der Waals surface area contributed by atoms with Gasteiger partial charge in [0, 0.05) is 19.8 Å². The van der Waals surface area contributed by atoms with E-state index in [2.05, 4.69) is 25.6 Å². The van der Waals surface area contributed by atoms with E-state index in [9.17, 15) is 4.39 Å². The van der Waals surface area contributed by atoms with E-state index in [1.807, 2.05) is 13.8 Å². The predicted molar refractivity (Wildman–Crippen MR) is 104 cm³/mol. The van der Waals surface area contributed by atoms with E-state index < -0.39 is 5.82 Å². The van der Waals surface area contributed by atoms with Crippen molar-refractivity contribution in [3.05, 3.63) is 71.5 Å². The van der Waals surface area contributed by atoms with Gasteiger partial charge in [-0.1, -0.05) is 6.07 Å². The molecule has 0 spiro atoms. The minimum absolute atomic E-state index is 0.147. The monoisotopic (exact) mass is 383 g/mol. The maximum Gasteiger partial charge on any atom is 0.214 e. The number of nitrogens with one attached hydrogen (secondary N) is 2. The van der Waals surface area contributed by atoms with Crippen LogP contribution >= 0.6 is 0 Å². The summed E-state index contributed by atoms with van der Waals surface area (Å²) in [6, 6.07) is 8.25. The molecule has 0 saturated carbocycles. The van der Waals surface area contributed by atoms with Gasteiger partial charge in [-0.25, -0.2) is 9.37 Å². The van der Waals surface area contributed by atoms with Gasteiger partial charge in [0.1, 0.15) is 11.5 Å². The molecule has 0 radical (unpaired) electrons. The highest BCUT2D eigenvalue weighted by atomic mass is 19.1. The van der Waals surface area contributed by atoms with Crippen molar-refractivity contribution in [2.45, 2.75) is 26.9 Å². The highest BCUT2D eigenvalue weighted by Gasteiger charge is 2.09. The first-order valence-electron chi connectivity index (χ1n) is 8.79. The third-order valence-corrected chi connectivity index (χ3v) is 4.02. The Bertz CT molecular complexity index is 937. The fourth-order valence-electron chi connectivity index (χ4n) is 2.45. The highest BCUT2D eigenvalue weighted by Crippen LogP contribution is 2.24. The van der Waals surface area contributed by atoms with Gasteiger partial charge in [0.05, 0.1) is 18.4 Å². The molecule has 0 bridgehead atoms. The Morgan fingerprint density at radius 2 is 2.04 bits per heavy atom. The van der Waals surface area contributed by atoms with Crippen LogP contribution in [0.15, 0.2) is 52.1 Å². The van der Waals surface area contributed by atoms with E-state index in [0.29, 0.717) is 30.7 Å². The number of aromatic nitrogens is 2. The zero-order valence-electron chi connectivity index (χ0n) is 16.0. The van der Waals surface area contributed by atoms with Crippen LogP contribution in [-0.4, -0.2) is 23.0 Å². The Morgan fingerprint density at radius 1 is 1.21 bits per heavy atom. The zero-order chi connectivity index (χ0) is 19.9. The summed E-state index contributed by atoms with van der Waals surface area (Å²) in [7, 11) is 1.66. The second-order valence-electron chi connectivity index (χ2n) is 6.08. The number of halogens is 1. The number of aliphatic imine (C=N–C) groups is 1. The molecule has 2 heterocycles. The Labute approximate surface area is 162 Å². The van der Waals surface area contributed by atoms with Crippen LogP contribution in [0.5, 0.6) is 11.5 Å². The van der Waals surface area contributed by atoms with Gasteiger partial charge < -0.3 is 19.8 Å². The zero-order valence-corrected chi connectivity index (χ0v) is 16.0. The lowest BCUT2D eigenvalue weighted by Gasteiger charge is -2.12. The fraction of sp³-hybridized carbons (Fsp3) is 0.250. The van der Waals surface area contributed by atoms with Crippen molar-refractivity contribution < 1.29 is 13.5 Å². The Kier molecular flexibility index (Phi) is 6.21. The van der Waals surface area contributed by atoms with E-state index in [0.717, 1.165) is 17.0 Å². The molecule has 0 aliphatic heterocycles. The number of ether oxygens (including phenoxy) is 1. The smallest absolute Gasteiger partial charge is 0.214 e. The first-order valence-corrected chi connectivity index (χ1v) is 8.79. The number of aryl methyl sites for hydroxylation is 2. The number of hydrogen-bond donors (Lipinski definition) is 2. The van der Waals surface area contributed by atoms with Crippen molar-refractivity contribution >= 4 is 5.96 Å².